The lowest BCUT2D eigenvalue weighted by Crippen LogP contribution is -2.48. The van der Waals surface area contributed by atoms with Gasteiger partial charge in [-0.3, -0.25) is 0 Å². The summed E-state index contributed by atoms with van der Waals surface area (Å²) in [6, 6.07) is 6.16. The number of thiazole rings is 1. The number of carbonyl (C=O) groups is 1. The standard InChI is InChI=1S/C21H23ClN6O3S/c22-20-25-17-10-15(27-6-8-30-9-7-27)3-4-16(17)19(26-20)28-5-1-2-14(12-28)24-21(29)31-18-11-23-13-32-18/h3-4,10-11,13-14H,1-2,5-9,12H2,(H,24,29). The fraction of sp³-hybridized carbons (Fsp3) is 0.429. The summed E-state index contributed by atoms with van der Waals surface area (Å²) < 4.78 is 10.7. The molecule has 2 saturated heterocycles. The number of halogens is 1. The molecular formula is C21H23ClN6O3S. The number of benzene rings is 1. The normalized spacial score (nSPS) is 19.2. The Hall–Kier alpha value is -2.69. The number of aromatic nitrogens is 3. The number of nitrogens with zero attached hydrogens (tertiary/aromatic N) is 5. The Kier molecular flexibility index (Phi) is 6.24. The Balaban J connectivity index is 1.34. The molecule has 5 rings (SSSR count). The fourth-order valence-electron chi connectivity index (χ4n) is 4.16. The van der Waals surface area contributed by atoms with Gasteiger partial charge in [0.2, 0.25) is 10.3 Å². The zero-order chi connectivity index (χ0) is 21.9. The number of nitrogens with one attached hydrogen (secondary N) is 1. The maximum atomic E-state index is 12.2. The average Bonchev–Trinajstić information content (AvgIpc) is 3.31. The molecule has 1 amide bonds. The van der Waals surface area contributed by atoms with Crippen molar-refractivity contribution in [2.24, 2.45) is 0 Å². The van der Waals surface area contributed by atoms with Crippen LogP contribution >= 0.6 is 22.9 Å². The monoisotopic (exact) mass is 474 g/mol. The summed E-state index contributed by atoms with van der Waals surface area (Å²) in [4.78, 5) is 29.6. The van der Waals surface area contributed by atoms with Crippen molar-refractivity contribution in [1.29, 1.82) is 0 Å². The van der Waals surface area contributed by atoms with Gasteiger partial charge in [0, 0.05) is 43.3 Å². The Morgan fingerprint density at radius 3 is 2.91 bits per heavy atom. The van der Waals surface area contributed by atoms with Crippen LogP contribution in [-0.4, -0.2) is 66.5 Å². The van der Waals surface area contributed by atoms with E-state index in [4.69, 9.17) is 21.1 Å². The molecule has 2 fully saturated rings. The van der Waals surface area contributed by atoms with Crippen LogP contribution in [0.2, 0.25) is 5.28 Å². The van der Waals surface area contributed by atoms with E-state index in [0.717, 1.165) is 68.1 Å². The first-order chi connectivity index (χ1) is 15.7. The van der Waals surface area contributed by atoms with Gasteiger partial charge in [-0.25, -0.2) is 14.8 Å². The molecular weight excluding hydrogens is 452 g/mol. The summed E-state index contributed by atoms with van der Waals surface area (Å²) in [5, 5.41) is 4.58. The number of carbonyl (C=O) groups excluding carboxylic acids is 1. The van der Waals surface area contributed by atoms with Gasteiger partial charge in [0.1, 0.15) is 5.82 Å². The van der Waals surface area contributed by atoms with Gasteiger partial charge in [-0.15, -0.1) is 0 Å². The fourth-order valence-corrected chi connectivity index (χ4v) is 4.80. The van der Waals surface area contributed by atoms with Crippen LogP contribution in [0.3, 0.4) is 0 Å². The maximum absolute atomic E-state index is 12.2. The minimum atomic E-state index is -0.471. The number of anilines is 2. The number of hydrogen-bond donors (Lipinski definition) is 1. The SMILES string of the molecule is O=C(NC1CCCN(c2nc(Cl)nc3cc(N4CCOCC4)ccc23)C1)Oc1cncs1. The van der Waals surface area contributed by atoms with E-state index < -0.39 is 6.09 Å². The first-order valence-corrected chi connectivity index (χ1v) is 11.8. The van der Waals surface area contributed by atoms with E-state index in [0.29, 0.717) is 11.6 Å². The first-order valence-electron chi connectivity index (χ1n) is 10.6. The average molecular weight is 475 g/mol. The highest BCUT2D eigenvalue weighted by Crippen LogP contribution is 2.31. The Morgan fingerprint density at radius 1 is 1.22 bits per heavy atom. The molecule has 0 spiro atoms. The molecule has 11 heteroatoms. The topological polar surface area (TPSA) is 92.7 Å². The highest BCUT2D eigenvalue weighted by atomic mass is 35.5. The van der Waals surface area contributed by atoms with E-state index in [1.807, 2.05) is 0 Å². The molecule has 1 unspecified atom stereocenters. The number of fused-ring (bicyclic) bond motifs is 1. The quantitative estimate of drug-likeness (QED) is 0.575. The van der Waals surface area contributed by atoms with Crippen molar-refractivity contribution in [1.82, 2.24) is 20.3 Å². The molecule has 32 heavy (non-hydrogen) atoms. The van der Waals surface area contributed by atoms with Crippen LogP contribution in [0.15, 0.2) is 29.9 Å². The maximum Gasteiger partial charge on any atom is 0.413 e. The lowest BCUT2D eigenvalue weighted by molar-refractivity contribution is 0.122. The molecule has 0 saturated carbocycles. The number of hydrogen-bond acceptors (Lipinski definition) is 9. The van der Waals surface area contributed by atoms with Crippen LogP contribution < -0.4 is 19.9 Å². The summed E-state index contributed by atoms with van der Waals surface area (Å²) in [6.07, 6.45) is 2.84. The Labute approximate surface area is 194 Å². The van der Waals surface area contributed by atoms with Crippen molar-refractivity contribution in [3.8, 4) is 5.06 Å². The lowest BCUT2D eigenvalue weighted by Gasteiger charge is -2.34. The summed E-state index contributed by atoms with van der Waals surface area (Å²) >= 11 is 7.58. The summed E-state index contributed by atoms with van der Waals surface area (Å²) in [6.45, 7) is 4.60. The van der Waals surface area contributed by atoms with Crippen molar-refractivity contribution in [3.63, 3.8) is 0 Å². The molecule has 3 aromatic rings. The van der Waals surface area contributed by atoms with Gasteiger partial charge < -0.3 is 24.6 Å². The Bertz CT molecular complexity index is 1090. The Morgan fingerprint density at radius 2 is 2.09 bits per heavy atom. The predicted octanol–water partition coefficient (Wildman–Crippen LogP) is 3.33. The molecule has 2 aliphatic rings. The van der Waals surface area contributed by atoms with Gasteiger partial charge in [-0.2, -0.15) is 4.98 Å². The van der Waals surface area contributed by atoms with Gasteiger partial charge >= 0.3 is 6.09 Å². The van der Waals surface area contributed by atoms with E-state index in [-0.39, 0.29) is 11.3 Å². The first kappa shape index (κ1) is 21.2. The van der Waals surface area contributed by atoms with Crippen LogP contribution in [-0.2, 0) is 4.74 Å². The molecule has 0 aliphatic carbocycles. The van der Waals surface area contributed by atoms with Crippen molar-refractivity contribution in [2.45, 2.75) is 18.9 Å². The van der Waals surface area contributed by atoms with Gasteiger partial charge in [-0.1, -0.05) is 11.3 Å². The third kappa shape index (κ3) is 4.72. The zero-order valence-corrected chi connectivity index (χ0v) is 18.9. The van der Waals surface area contributed by atoms with E-state index in [9.17, 15) is 4.79 Å². The zero-order valence-electron chi connectivity index (χ0n) is 17.4. The number of rotatable bonds is 4. The molecule has 1 N–H and O–H groups in total. The van der Waals surface area contributed by atoms with Crippen LogP contribution in [0.1, 0.15) is 12.8 Å². The third-order valence-corrected chi connectivity index (χ3v) is 6.47. The second-order valence-electron chi connectivity index (χ2n) is 7.76. The summed E-state index contributed by atoms with van der Waals surface area (Å²) in [5.41, 5.74) is 3.54. The molecule has 1 aromatic carbocycles. The molecule has 2 aromatic heterocycles. The van der Waals surface area contributed by atoms with Crippen molar-refractivity contribution >= 4 is 51.4 Å². The van der Waals surface area contributed by atoms with Gasteiger partial charge in [-0.05, 0) is 42.6 Å². The second kappa shape index (κ2) is 9.43. The van der Waals surface area contributed by atoms with E-state index in [2.05, 4.69) is 48.3 Å². The van der Waals surface area contributed by atoms with Crippen molar-refractivity contribution in [3.05, 3.63) is 35.2 Å². The number of piperidine rings is 1. The smallest absolute Gasteiger partial charge is 0.397 e. The van der Waals surface area contributed by atoms with Crippen LogP contribution in [0.25, 0.3) is 10.9 Å². The minimum Gasteiger partial charge on any atom is -0.397 e. The molecule has 2 aliphatic heterocycles. The number of ether oxygens (including phenoxy) is 2. The molecule has 4 heterocycles. The predicted molar refractivity (Wildman–Crippen MR) is 124 cm³/mol. The number of amides is 1. The number of morpholine rings is 1. The van der Waals surface area contributed by atoms with Gasteiger partial charge in [0.25, 0.3) is 0 Å². The summed E-state index contributed by atoms with van der Waals surface area (Å²) in [7, 11) is 0. The van der Waals surface area contributed by atoms with Crippen LogP contribution in [0.4, 0.5) is 16.3 Å². The molecule has 0 radical (unpaired) electrons. The van der Waals surface area contributed by atoms with Crippen molar-refractivity contribution < 1.29 is 14.3 Å². The molecule has 168 valence electrons. The summed E-state index contributed by atoms with van der Waals surface area (Å²) in [5.74, 6) is 0.788. The highest BCUT2D eigenvalue weighted by molar-refractivity contribution is 7.11. The van der Waals surface area contributed by atoms with E-state index in [1.54, 1.807) is 5.51 Å². The van der Waals surface area contributed by atoms with Crippen molar-refractivity contribution in [2.75, 3.05) is 49.2 Å². The molecule has 0 bridgehead atoms. The molecule has 1 atom stereocenters. The minimum absolute atomic E-state index is 0.0550. The van der Waals surface area contributed by atoms with Gasteiger partial charge in [0.15, 0.2) is 0 Å². The van der Waals surface area contributed by atoms with Crippen LogP contribution in [0, 0.1) is 0 Å². The lowest BCUT2D eigenvalue weighted by atomic mass is 10.1. The molecule has 9 nitrogen and oxygen atoms in total. The largest absolute Gasteiger partial charge is 0.413 e. The van der Waals surface area contributed by atoms with Gasteiger partial charge in [0.05, 0.1) is 30.4 Å². The van der Waals surface area contributed by atoms with E-state index in [1.165, 1.54) is 17.5 Å². The second-order valence-corrected chi connectivity index (χ2v) is 8.94. The van der Waals surface area contributed by atoms with Crippen LogP contribution in [0.5, 0.6) is 5.06 Å². The third-order valence-electron chi connectivity index (χ3n) is 5.66. The highest BCUT2D eigenvalue weighted by Gasteiger charge is 2.25. The van der Waals surface area contributed by atoms with E-state index >= 15 is 0 Å².